The van der Waals surface area contributed by atoms with Crippen molar-refractivity contribution in [3.63, 3.8) is 0 Å². The average molecular weight is 290 g/mol. The van der Waals surface area contributed by atoms with E-state index < -0.39 is 0 Å². The molecule has 0 spiro atoms. The van der Waals surface area contributed by atoms with Gasteiger partial charge in [0.15, 0.2) is 0 Å². The van der Waals surface area contributed by atoms with E-state index in [9.17, 15) is 4.79 Å². The normalized spacial score (nSPS) is 49.8. The maximum absolute atomic E-state index is 13.2. The molecule has 5 fully saturated rings. The first-order valence-corrected chi connectivity index (χ1v) is 8.83. The number of hydrogen-bond donors (Lipinski definition) is 2. The quantitative estimate of drug-likeness (QED) is 0.839. The second-order valence-electron chi connectivity index (χ2n) is 9.70. The summed E-state index contributed by atoms with van der Waals surface area (Å²) in [5.41, 5.74) is 6.60. The van der Waals surface area contributed by atoms with Crippen LogP contribution in [-0.4, -0.2) is 18.0 Å². The van der Waals surface area contributed by atoms with Crippen molar-refractivity contribution >= 4 is 5.91 Å². The molecular formula is C18H30N2O. The molecule has 0 aromatic carbocycles. The Labute approximate surface area is 128 Å². The van der Waals surface area contributed by atoms with Crippen LogP contribution in [0.15, 0.2) is 0 Å². The van der Waals surface area contributed by atoms with Gasteiger partial charge in [0.05, 0.1) is 11.0 Å². The fourth-order valence-electron chi connectivity index (χ4n) is 7.06. The van der Waals surface area contributed by atoms with Crippen molar-refractivity contribution in [2.75, 3.05) is 6.54 Å². The number of carbonyl (C=O) groups is 1. The van der Waals surface area contributed by atoms with Gasteiger partial charge in [0, 0.05) is 6.54 Å². The third-order valence-corrected chi connectivity index (χ3v) is 7.19. The summed E-state index contributed by atoms with van der Waals surface area (Å²) in [6.07, 6.45) is 10.7. The molecule has 5 aliphatic rings. The molecule has 5 saturated carbocycles. The van der Waals surface area contributed by atoms with E-state index in [1.54, 1.807) is 0 Å². The SMILES string of the molecule is CC12CC3CC(C)(C1)CC(C(=O)NC1(CN)CCC1)(C3)C2. The first kappa shape index (κ1) is 14.0. The number of hydrogen-bond acceptors (Lipinski definition) is 2. The van der Waals surface area contributed by atoms with Crippen molar-refractivity contribution in [3.8, 4) is 0 Å². The number of nitrogens with two attached hydrogens (primary N) is 1. The molecule has 21 heavy (non-hydrogen) atoms. The molecule has 3 nitrogen and oxygen atoms in total. The maximum atomic E-state index is 13.2. The molecule has 0 aromatic heterocycles. The number of nitrogens with one attached hydrogen (secondary N) is 1. The van der Waals surface area contributed by atoms with E-state index in [4.69, 9.17) is 5.73 Å². The van der Waals surface area contributed by atoms with Crippen LogP contribution in [0.5, 0.6) is 0 Å². The van der Waals surface area contributed by atoms with E-state index in [0.717, 1.165) is 38.0 Å². The minimum atomic E-state index is -0.0827. The van der Waals surface area contributed by atoms with E-state index in [1.165, 1.54) is 25.7 Å². The maximum Gasteiger partial charge on any atom is 0.226 e. The Balaban J connectivity index is 1.60. The highest BCUT2D eigenvalue weighted by Gasteiger charge is 2.63. The highest BCUT2D eigenvalue weighted by atomic mass is 16.2. The fraction of sp³-hybridized carbons (Fsp3) is 0.944. The van der Waals surface area contributed by atoms with Gasteiger partial charge in [0.1, 0.15) is 0 Å². The summed E-state index contributed by atoms with van der Waals surface area (Å²) in [6.45, 7) is 5.46. The lowest BCUT2D eigenvalue weighted by molar-refractivity contribution is -0.172. The van der Waals surface area contributed by atoms with Crippen molar-refractivity contribution in [1.82, 2.24) is 5.32 Å². The van der Waals surface area contributed by atoms with Gasteiger partial charge in [-0.15, -0.1) is 0 Å². The Morgan fingerprint density at radius 2 is 1.71 bits per heavy atom. The van der Waals surface area contributed by atoms with Crippen LogP contribution in [-0.2, 0) is 4.79 Å². The fourth-order valence-corrected chi connectivity index (χ4v) is 7.06. The Hall–Kier alpha value is -0.570. The molecule has 0 heterocycles. The molecular weight excluding hydrogens is 260 g/mol. The zero-order valence-electron chi connectivity index (χ0n) is 13.6. The van der Waals surface area contributed by atoms with Crippen molar-refractivity contribution in [3.05, 3.63) is 0 Å². The predicted molar refractivity (Wildman–Crippen MR) is 83.6 cm³/mol. The largest absolute Gasteiger partial charge is 0.349 e. The highest BCUT2D eigenvalue weighted by Crippen LogP contribution is 2.69. The lowest BCUT2D eigenvalue weighted by Crippen LogP contribution is -2.65. The highest BCUT2D eigenvalue weighted by molar-refractivity contribution is 5.84. The van der Waals surface area contributed by atoms with Gasteiger partial charge in [0.2, 0.25) is 5.91 Å². The standard InChI is InChI=1S/C18H30N2O/c1-15-6-13-7-16(2,9-15)11-17(8-13,10-15)14(21)20-18(12-19)4-3-5-18/h13H,3-12,19H2,1-2H3,(H,20,21). The summed E-state index contributed by atoms with van der Waals surface area (Å²) in [7, 11) is 0. The molecule has 5 rings (SSSR count). The molecule has 0 saturated heterocycles. The number of rotatable bonds is 3. The number of amides is 1. The lowest BCUT2D eigenvalue weighted by Gasteiger charge is -2.65. The van der Waals surface area contributed by atoms with Gasteiger partial charge in [-0.3, -0.25) is 4.79 Å². The molecule has 0 aliphatic heterocycles. The van der Waals surface area contributed by atoms with Crippen LogP contribution in [0.1, 0.15) is 71.6 Å². The zero-order chi connectivity index (χ0) is 14.9. The summed E-state index contributed by atoms with van der Waals surface area (Å²) in [4.78, 5) is 13.2. The molecule has 1 amide bonds. The molecule has 0 radical (unpaired) electrons. The monoisotopic (exact) mass is 290 g/mol. The average Bonchev–Trinajstić information content (AvgIpc) is 2.28. The minimum absolute atomic E-state index is 0.0672. The first-order valence-electron chi connectivity index (χ1n) is 8.83. The minimum Gasteiger partial charge on any atom is -0.349 e. The van der Waals surface area contributed by atoms with E-state index in [1.807, 2.05) is 0 Å². The predicted octanol–water partition coefficient (Wildman–Crippen LogP) is 2.98. The lowest BCUT2D eigenvalue weighted by atomic mass is 9.40. The summed E-state index contributed by atoms with van der Waals surface area (Å²) < 4.78 is 0. The van der Waals surface area contributed by atoms with E-state index in [0.29, 0.717) is 23.3 Å². The third kappa shape index (κ3) is 1.99. The van der Waals surface area contributed by atoms with Crippen molar-refractivity contribution in [1.29, 1.82) is 0 Å². The van der Waals surface area contributed by atoms with Crippen molar-refractivity contribution in [2.24, 2.45) is 27.9 Å². The second-order valence-corrected chi connectivity index (χ2v) is 9.70. The van der Waals surface area contributed by atoms with Crippen LogP contribution >= 0.6 is 0 Å². The van der Waals surface area contributed by atoms with E-state index in [-0.39, 0.29) is 11.0 Å². The zero-order valence-corrected chi connectivity index (χ0v) is 13.6. The van der Waals surface area contributed by atoms with E-state index >= 15 is 0 Å². The van der Waals surface area contributed by atoms with Gasteiger partial charge in [-0.1, -0.05) is 13.8 Å². The Bertz CT molecular complexity index is 458. The van der Waals surface area contributed by atoms with Crippen LogP contribution in [0.2, 0.25) is 0 Å². The van der Waals surface area contributed by atoms with Crippen LogP contribution in [0.3, 0.4) is 0 Å². The van der Waals surface area contributed by atoms with Gasteiger partial charge < -0.3 is 11.1 Å². The van der Waals surface area contributed by atoms with Crippen molar-refractivity contribution in [2.45, 2.75) is 77.2 Å². The van der Waals surface area contributed by atoms with Crippen LogP contribution < -0.4 is 11.1 Å². The van der Waals surface area contributed by atoms with Crippen LogP contribution in [0.25, 0.3) is 0 Å². The summed E-state index contributed by atoms with van der Waals surface area (Å²) in [6, 6.07) is 0. The van der Waals surface area contributed by atoms with Crippen LogP contribution in [0, 0.1) is 22.2 Å². The summed E-state index contributed by atoms with van der Waals surface area (Å²) in [5.74, 6) is 1.12. The summed E-state index contributed by atoms with van der Waals surface area (Å²) >= 11 is 0. The van der Waals surface area contributed by atoms with E-state index in [2.05, 4.69) is 19.2 Å². The Kier molecular flexibility index (Phi) is 2.70. The molecule has 2 unspecified atom stereocenters. The molecule has 3 heteroatoms. The topological polar surface area (TPSA) is 55.1 Å². The summed E-state index contributed by atoms with van der Waals surface area (Å²) in [5, 5.41) is 3.41. The van der Waals surface area contributed by atoms with Gasteiger partial charge in [-0.2, -0.15) is 0 Å². The Morgan fingerprint density at radius 3 is 2.14 bits per heavy atom. The van der Waals surface area contributed by atoms with Gasteiger partial charge >= 0.3 is 0 Å². The number of carbonyl (C=O) groups excluding carboxylic acids is 1. The molecule has 5 aliphatic carbocycles. The van der Waals surface area contributed by atoms with Crippen LogP contribution in [0.4, 0.5) is 0 Å². The molecule has 0 aromatic rings. The van der Waals surface area contributed by atoms with Crippen molar-refractivity contribution < 1.29 is 4.79 Å². The van der Waals surface area contributed by atoms with Gasteiger partial charge in [-0.25, -0.2) is 0 Å². The second kappa shape index (κ2) is 4.04. The first-order chi connectivity index (χ1) is 9.80. The smallest absolute Gasteiger partial charge is 0.226 e. The Morgan fingerprint density at radius 1 is 1.10 bits per heavy atom. The molecule has 4 bridgehead atoms. The molecule has 118 valence electrons. The van der Waals surface area contributed by atoms with Gasteiger partial charge in [0.25, 0.3) is 0 Å². The molecule has 3 N–H and O–H groups in total. The third-order valence-electron chi connectivity index (χ3n) is 7.19. The molecule has 2 atom stereocenters. The van der Waals surface area contributed by atoms with Gasteiger partial charge in [-0.05, 0) is 74.5 Å².